The monoisotopic (exact) mass is 479 g/mol. The number of piperazine rings is 1. The molecule has 4 saturated carbocycles. The third kappa shape index (κ3) is 3.51. The Morgan fingerprint density at radius 2 is 1.49 bits per heavy atom. The van der Waals surface area contributed by atoms with Crippen molar-refractivity contribution in [2.24, 2.45) is 29.1 Å². The van der Waals surface area contributed by atoms with Gasteiger partial charge in [0.2, 0.25) is 24.5 Å². The zero-order valence-electron chi connectivity index (χ0n) is 20.1. The van der Waals surface area contributed by atoms with Crippen molar-refractivity contribution in [2.45, 2.75) is 44.9 Å². The minimum Gasteiger partial charge on any atom is -0.454 e. The molecule has 0 spiro atoms. The van der Waals surface area contributed by atoms with Gasteiger partial charge in [0, 0.05) is 50.9 Å². The quantitative estimate of drug-likeness (QED) is 0.666. The number of hydrogen-bond donors (Lipinski definition) is 0. The van der Waals surface area contributed by atoms with Crippen LogP contribution in [0, 0.1) is 29.1 Å². The van der Waals surface area contributed by atoms with Gasteiger partial charge in [-0.05, 0) is 68.4 Å². The van der Waals surface area contributed by atoms with E-state index in [-0.39, 0.29) is 36.4 Å². The summed E-state index contributed by atoms with van der Waals surface area (Å²) in [6, 6.07) is 5.45. The van der Waals surface area contributed by atoms with Crippen LogP contribution in [-0.4, -0.2) is 67.0 Å². The molecule has 2 saturated heterocycles. The van der Waals surface area contributed by atoms with E-state index in [1.807, 2.05) is 21.9 Å². The molecule has 3 aliphatic heterocycles. The van der Waals surface area contributed by atoms with Gasteiger partial charge < -0.3 is 24.2 Å². The fourth-order valence-electron chi connectivity index (χ4n) is 8.27. The smallest absolute Gasteiger partial charge is 0.231 e. The summed E-state index contributed by atoms with van der Waals surface area (Å²) < 4.78 is 10.8. The van der Waals surface area contributed by atoms with Crippen molar-refractivity contribution in [3.8, 4) is 11.5 Å². The fraction of sp³-hybridized carbons (Fsp3) is 0.667. The summed E-state index contributed by atoms with van der Waals surface area (Å²) in [5.41, 5.74) is 0.615. The van der Waals surface area contributed by atoms with Crippen LogP contribution in [0.1, 0.15) is 44.9 Å². The van der Waals surface area contributed by atoms with Crippen molar-refractivity contribution in [1.82, 2.24) is 9.80 Å². The standard InChI is InChI=1S/C27H33N3O5/c31-24-10-20(15-30(24)21-1-2-22-23(11-21)35-16-34-22)25(32)28-3-5-29(6-4-28)26(33)27-12-17-7-18(13-27)9-19(8-17)14-27/h1-2,11,17-20H,3-10,12-16H2. The summed E-state index contributed by atoms with van der Waals surface area (Å²) in [7, 11) is 0. The molecule has 0 N–H and O–H groups in total. The zero-order chi connectivity index (χ0) is 23.7. The van der Waals surface area contributed by atoms with Crippen LogP contribution in [0.3, 0.4) is 0 Å². The van der Waals surface area contributed by atoms with Crippen molar-refractivity contribution < 1.29 is 23.9 Å². The van der Waals surface area contributed by atoms with Gasteiger partial charge in [-0.1, -0.05) is 0 Å². The maximum Gasteiger partial charge on any atom is 0.231 e. The van der Waals surface area contributed by atoms with Gasteiger partial charge in [0.25, 0.3) is 0 Å². The molecule has 8 rings (SSSR count). The molecule has 8 nitrogen and oxygen atoms in total. The molecule has 3 heterocycles. The maximum atomic E-state index is 13.7. The SMILES string of the molecule is O=C(C1CC(=O)N(c2ccc3c(c2)OCO3)C1)N1CCN(C(=O)C23CC4CC(CC(C4)C2)C3)CC1. The van der Waals surface area contributed by atoms with E-state index >= 15 is 0 Å². The second kappa shape index (κ2) is 7.87. The minimum absolute atomic E-state index is 0.0310. The largest absolute Gasteiger partial charge is 0.454 e. The molecule has 6 fully saturated rings. The molecule has 4 aliphatic carbocycles. The molecular weight excluding hydrogens is 446 g/mol. The van der Waals surface area contributed by atoms with Crippen molar-refractivity contribution >= 4 is 23.4 Å². The summed E-state index contributed by atoms with van der Waals surface area (Å²) in [5, 5.41) is 0. The first kappa shape index (κ1) is 21.5. The highest BCUT2D eigenvalue weighted by Gasteiger charge is 2.55. The number of amides is 3. The van der Waals surface area contributed by atoms with E-state index in [0.29, 0.717) is 50.1 Å². The molecule has 1 aromatic rings. The minimum atomic E-state index is -0.349. The zero-order valence-corrected chi connectivity index (χ0v) is 20.1. The summed E-state index contributed by atoms with van der Waals surface area (Å²) in [4.78, 5) is 45.3. The van der Waals surface area contributed by atoms with Crippen LogP contribution in [0.25, 0.3) is 0 Å². The number of hydrogen-bond acceptors (Lipinski definition) is 5. The Morgan fingerprint density at radius 1 is 0.857 bits per heavy atom. The number of carbonyl (C=O) groups is 3. The van der Waals surface area contributed by atoms with Crippen molar-refractivity contribution in [1.29, 1.82) is 0 Å². The second-order valence-electron chi connectivity index (χ2n) is 11.8. The van der Waals surface area contributed by atoms with Gasteiger partial charge in [-0.3, -0.25) is 14.4 Å². The lowest BCUT2D eigenvalue weighted by atomic mass is 9.49. The molecule has 8 heteroatoms. The predicted molar refractivity (Wildman–Crippen MR) is 127 cm³/mol. The fourth-order valence-corrected chi connectivity index (χ4v) is 8.27. The van der Waals surface area contributed by atoms with Gasteiger partial charge in [-0.25, -0.2) is 0 Å². The summed E-state index contributed by atoms with van der Waals surface area (Å²) in [6.07, 6.45) is 7.46. The Hall–Kier alpha value is -2.77. The topological polar surface area (TPSA) is 79.4 Å². The highest BCUT2D eigenvalue weighted by Crippen LogP contribution is 2.60. The second-order valence-corrected chi connectivity index (χ2v) is 11.8. The van der Waals surface area contributed by atoms with E-state index in [1.54, 1.807) is 11.0 Å². The van der Waals surface area contributed by atoms with Gasteiger partial charge in [0.1, 0.15) is 0 Å². The first-order chi connectivity index (χ1) is 17.0. The summed E-state index contributed by atoms with van der Waals surface area (Å²) >= 11 is 0. The Kier molecular flexibility index (Phi) is 4.83. The highest BCUT2D eigenvalue weighted by molar-refractivity contribution is 6.00. The Labute approximate surface area is 205 Å². The van der Waals surface area contributed by atoms with Crippen LogP contribution >= 0.6 is 0 Å². The molecular formula is C27H33N3O5. The van der Waals surface area contributed by atoms with E-state index in [0.717, 1.165) is 42.7 Å². The van der Waals surface area contributed by atoms with Crippen molar-refractivity contribution in [2.75, 3.05) is 44.4 Å². The molecule has 1 unspecified atom stereocenters. The lowest BCUT2D eigenvalue weighted by molar-refractivity contribution is -0.161. The first-order valence-electron chi connectivity index (χ1n) is 13.3. The molecule has 186 valence electrons. The number of nitrogens with zero attached hydrogens (tertiary/aromatic N) is 3. The summed E-state index contributed by atoms with van der Waals surface area (Å²) in [6.45, 7) is 2.91. The number of anilines is 1. The normalized spacial score (nSPS) is 35.2. The number of carbonyl (C=O) groups excluding carboxylic acids is 3. The van der Waals surface area contributed by atoms with Gasteiger partial charge in [0.05, 0.1) is 11.3 Å². The first-order valence-corrected chi connectivity index (χ1v) is 13.3. The third-order valence-corrected chi connectivity index (χ3v) is 9.51. The molecule has 1 atom stereocenters. The van der Waals surface area contributed by atoms with Crippen molar-refractivity contribution in [3.05, 3.63) is 18.2 Å². The van der Waals surface area contributed by atoms with E-state index in [4.69, 9.17) is 9.47 Å². The molecule has 0 aromatic heterocycles. The van der Waals surface area contributed by atoms with Gasteiger partial charge >= 0.3 is 0 Å². The van der Waals surface area contributed by atoms with Crippen LogP contribution in [0.15, 0.2) is 18.2 Å². The van der Waals surface area contributed by atoms with E-state index in [1.165, 1.54) is 19.3 Å². The number of rotatable bonds is 3. The van der Waals surface area contributed by atoms with Crippen LogP contribution in [-0.2, 0) is 14.4 Å². The predicted octanol–water partition coefficient (Wildman–Crippen LogP) is 2.66. The molecule has 35 heavy (non-hydrogen) atoms. The Morgan fingerprint density at radius 3 is 2.17 bits per heavy atom. The lowest BCUT2D eigenvalue weighted by Crippen LogP contribution is -2.59. The van der Waals surface area contributed by atoms with Gasteiger partial charge in [-0.15, -0.1) is 0 Å². The van der Waals surface area contributed by atoms with Gasteiger partial charge in [-0.2, -0.15) is 0 Å². The Balaban J connectivity index is 0.975. The summed E-state index contributed by atoms with van der Waals surface area (Å²) in [5.74, 6) is 3.55. The highest BCUT2D eigenvalue weighted by atomic mass is 16.7. The lowest BCUT2D eigenvalue weighted by Gasteiger charge is -2.57. The average Bonchev–Trinajstić information content (AvgIpc) is 3.48. The molecule has 1 aromatic carbocycles. The number of benzene rings is 1. The van der Waals surface area contributed by atoms with E-state index in [9.17, 15) is 14.4 Å². The Bertz CT molecular complexity index is 1040. The molecule has 7 aliphatic rings. The molecule has 3 amide bonds. The molecule has 0 radical (unpaired) electrons. The molecule has 4 bridgehead atoms. The third-order valence-electron chi connectivity index (χ3n) is 9.51. The van der Waals surface area contributed by atoms with Crippen LogP contribution in [0.5, 0.6) is 11.5 Å². The van der Waals surface area contributed by atoms with Gasteiger partial charge in [0.15, 0.2) is 11.5 Å². The van der Waals surface area contributed by atoms with Crippen LogP contribution in [0.2, 0.25) is 0 Å². The number of ether oxygens (including phenoxy) is 2. The number of fused-ring (bicyclic) bond motifs is 1. The van der Waals surface area contributed by atoms with E-state index in [2.05, 4.69) is 0 Å². The van der Waals surface area contributed by atoms with Crippen LogP contribution < -0.4 is 14.4 Å². The average molecular weight is 480 g/mol. The maximum absolute atomic E-state index is 13.7. The van der Waals surface area contributed by atoms with Crippen LogP contribution in [0.4, 0.5) is 5.69 Å². The van der Waals surface area contributed by atoms with Crippen molar-refractivity contribution in [3.63, 3.8) is 0 Å². The van der Waals surface area contributed by atoms with E-state index < -0.39 is 0 Å².